The molecule has 16 heavy (non-hydrogen) atoms. The van der Waals surface area contributed by atoms with Crippen LogP contribution in [0.5, 0.6) is 0 Å². The van der Waals surface area contributed by atoms with Gasteiger partial charge in [0.15, 0.2) is 11.6 Å². The Morgan fingerprint density at radius 3 is 2.75 bits per heavy atom. The first-order valence-electron chi connectivity index (χ1n) is 5.85. The van der Waals surface area contributed by atoms with Gasteiger partial charge in [0.1, 0.15) is 0 Å². The van der Waals surface area contributed by atoms with E-state index in [-0.39, 0.29) is 17.5 Å². The highest BCUT2D eigenvalue weighted by atomic mass is 16.1. The van der Waals surface area contributed by atoms with Gasteiger partial charge in [0.2, 0.25) is 0 Å². The molecule has 0 aliphatic heterocycles. The Hall–Kier alpha value is -1.44. The molecule has 0 aromatic rings. The molecule has 0 radical (unpaired) electrons. The van der Waals surface area contributed by atoms with Crippen LogP contribution in [0, 0.1) is 5.92 Å². The zero-order chi connectivity index (χ0) is 11.3. The van der Waals surface area contributed by atoms with Gasteiger partial charge in [0, 0.05) is 23.5 Å². The van der Waals surface area contributed by atoms with Gasteiger partial charge in [-0.2, -0.15) is 0 Å². The van der Waals surface area contributed by atoms with Crippen LogP contribution in [0.2, 0.25) is 0 Å². The number of Topliss-reactive ketones (excluding diaryl/α,β-unsaturated/α-hetero) is 2. The summed E-state index contributed by atoms with van der Waals surface area (Å²) in [5.41, 5.74) is 4.03. The third kappa shape index (κ3) is 1.13. The fraction of sp³-hybridized carbons (Fsp3) is 0.429. The normalized spacial score (nSPS) is 27.9. The Labute approximate surface area is 94.7 Å². The van der Waals surface area contributed by atoms with Gasteiger partial charge >= 0.3 is 0 Å². The average molecular weight is 214 g/mol. The molecule has 0 heterocycles. The van der Waals surface area contributed by atoms with E-state index in [0.29, 0.717) is 6.42 Å². The number of ketones is 2. The Bertz CT molecular complexity index is 477. The summed E-state index contributed by atoms with van der Waals surface area (Å²) in [7, 11) is 0. The number of allylic oxidation sites excluding steroid dienone is 5. The van der Waals surface area contributed by atoms with Crippen LogP contribution in [0.4, 0.5) is 0 Å². The third-order valence-corrected chi connectivity index (χ3v) is 3.88. The van der Waals surface area contributed by atoms with E-state index in [1.807, 2.05) is 0 Å². The van der Waals surface area contributed by atoms with Crippen LogP contribution in [0.15, 0.2) is 34.9 Å². The van der Waals surface area contributed by atoms with Crippen LogP contribution in [0.1, 0.15) is 32.1 Å². The van der Waals surface area contributed by atoms with Gasteiger partial charge in [-0.3, -0.25) is 9.59 Å². The van der Waals surface area contributed by atoms with Crippen LogP contribution in [-0.2, 0) is 9.59 Å². The molecule has 0 amide bonds. The summed E-state index contributed by atoms with van der Waals surface area (Å²) >= 11 is 0. The summed E-state index contributed by atoms with van der Waals surface area (Å²) in [6.07, 6.45) is 5.76. The molecule has 3 rings (SSSR count). The fourth-order valence-electron chi connectivity index (χ4n) is 3.18. The molecular formula is C14H14O2. The van der Waals surface area contributed by atoms with Crippen LogP contribution < -0.4 is 0 Å². The smallest absolute Gasteiger partial charge is 0.167 e. The molecule has 0 N–H and O–H groups in total. The fourth-order valence-corrected chi connectivity index (χ4v) is 3.18. The summed E-state index contributed by atoms with van der Waals surface area (Å²) in [6.45, 7) is 3.68. The molecule has 2 nitrogen and oxygen atoms in total. The lowest BCUT2D eigenvalue weighted by Gasteiger charge is -2.08. The Morgan fingerprint density at radius 1 is 1.19 bits per heavy atom. The minimum atomic E-state index is 0.0601. The minimum Gasteiger partial charge on any atom is -0.294 e. The first-order valence-corrected chi connectivity index (χ1v) is 5.85. The number of carbonyl (C=O) groups excluding carboxylic acids is 2. The van der Waals surface area contributed by atoms with Gasteiger partial charge in [-0.25, -0.2) is 0 Å². The summed E-state index contributed by atoms with van der Waals surface area (Å²) in [5, 5.41) is 0. The van der Waals surface area contributed by atoms with Crippen LogP contribution in [0.25, 0.3) is 0 Å². The van der Waals surface area contributed by atoms with Crippen molar-refractivity contribution in [2.45, 2.75) is 32.1 Å². The molecule has 82 valence electrons. The molecule has 0 aromatic heterocycles. The van der Waals surface area contributed by atoms with Crippen molar-refractivity contribution in [3.05, 3.63) is 34.9 Å². The van der Waals surface area contributed by atoms with E-state index in [1.54, 1.807) is 6.08 Å². The predicted octanol–water partition coefficient (Wildman–Crippen LogP) is 2.51. The molecule has 0 fully saturated rings. The zero-order valence-corrected chi connectivity index (χ0v) is 9.21. The Balaban J connectivity index is 1.95. The molecule has 0 saturated carbocycles. The number of carbonyl (C=O) groups is 2. The molecule has 2 heteroatoms. The van der Waals surface area contributed by atoms with Crippen LogP contribution in [0.3, 0.4) is 0 Å². The highest BCUT2D eigenvalue weighted by molar-refractivity contribution is 6.18. The third-order valence-electron chi connectivity index (χ3n) is 3.88. The van der Waals surface area contributed by atoms with Crippen molar-refractivity contribution in [3.8, 4) is 0 Å². The average Bonchev–Trinajstić information content (AvgIpc) is 2.84. The van der Waals surface area contributed by atoms with Crippen molar-refractivity contribution >= 4 is 11.6 Å². The van der Waals surface area contributed by atoms with E-state index in [9.17, 15) is 9.59 Å². The second kappa shape index (κ2) is 3.27. The zero-order valence-electron chi connectivity index (χ0n) is 9.21. The SMILES string of the molecule is C=CCC1CC2=C(C1=O)C1=C(CCC1=O)C2. The van der Waals surface area contributed by atoms with Crippen molar-refractivity contribution in [1.82, 2.24) is 0 Å². The summed E-state index contributed by atoms with van der Waals surface area (Å²) in [6, 6.07) is 0. The maximum Gasteiger partial charge on any atom is 0.167 e. The van der Waals surface area contributed by atoms with E-state index in [1.165, 1.54) is 11.1 Å². The topological polar surface area (TPSA) is 34.1 Å². The van der Waals surface area contributed by atoms with Crippen molar-refractivity contribution in [2.75, 3.05) is 0 Å². The maximum atomic E-state index is 12.2. The van der Waals surface area contributed by atoms with Gasteiger partial charge in [0.25, 0.3) is 0 Å². The van der Waals surface area contributed by atoms with Crippen LogP contribution >= 0.6 is 0 Å². The summed E-state index contributed by atoms with van der Waals surface area (Å²) in [4.78, 5) is 23.9. The number of fused-ring (bicyclic) bond motifs is 1. The number of rotatable bonds is 2. The largest absolute Gasteiger partial charge is 0.294 e. The highest BCUT2D eigenvalue weighted by Crippen LogP contribution is 2.48. The molecule has 0 spiro atoms. The quantitative estimate of drug-likeness (QED) is 0.662. The summed E-state index contributed by atoms with van der Waals surface area (Å²) < 4.78 is 0. The molecule has 1 unspecified atom stereocenters. The van der Waals surface area contributed by atoms with E-state index in [4.69, 9.17) is 0 Å². The first kappa shape index (κ1) is 9.76. The number of hydrogen-bond donors (Lipinski definition) is 0. The Morgan fingerprint density at radius 2 is 2.00 bits per heavy atom. The molecule has 3 aliphatic rings. The number of hydrogen-bond acceptors (Lipinski definition) is 2. The monoisotopic (exact) mass is 214 g/mol. The van der Waals surface area contributed by atoms with Gasteiger partial charge in [-0.1, -0.05) is 17.2 Å². The molecule has 3 aliphatic carbocycles. The van der Waals surface area contributed by atoms with Gasteiger partial charge in [-0.15, -0.1) is 6.58 Å². The van der Waals surface area contributed by atoms with Crippen molar-refractivity contribution in [3.63, 3.8) is 0 Å². The van der Waals surface area contributed by atoms with E-state index in [2.05, 4.69) is 6.58 Å². The van der Waals surface area contributed by atoms with Crippen molar-refractivity contribution < 1.29 is 9.59 Å². The second-order valence-corrected chi connectivity index (χ2v) is 4.85. The van der Waals surface area contributed by atoms with E-state index < -0.39 is 0 Å². The lowest BCUT2D eigenvalue weighted by Crippen LogP contribution is -2.13. The Kier molecular flexibility index (Phi) is 2.00. The molecular weight excluding hydrogens is 200 g/mol. The first-order chi connectivity index (χ1) is 7.72. The highest BCUT2D eigenvalue weighted by Gasteiger charge is 2.42. The van der Waals surface area contributed by atoms with E-state index in [0.717, 1.165) is 36.8 Å². The lowest BCUT2D eigenvalue weighted by molar-refractivity contribution is -0.119. The van der Waals surface area contributed by atoms with Gasteiger partial charge in [-0.05, 0) is 25.7 Å². The van der Waals surface area contributed by atoms with Gasteiger partial charge < -0.3 is 0 Å². The van der Waals surface area contributed by atoms with E-state index >= 15 is 0 Å². The van der Waals surface area contributed by atoms with Crippen molar-refractivity contribution in [2.24, 2.45) is 5.92 Å². The minimum absolute atomic E-state index is 0.0601. The summed E-state index contributed by atoms with van der Waals surface area (Å²) in [5.74, 6) is 0.438. The second-order valence-electron chi connectivity index (χ2n) is 4.85. The standard InChI is InChI=1S/C14H14O2/c1-2-3-9-7-10-6-8-4-5-11(15)12(8)13(10)14(9)16/h2,9H,1,3-7H2. The lowest BCUT2D eigenvalue weighted by atomic mass is 9.94. The maximum absolute atomic E-state index is 12.2. The van der Waals surface area contributed by atoms with Crippen LogP contribution in [-0.4, -0.2) is 11.6 Å². The molecule has 0 bridgehead atoms. The molecule has 1 atom stereocenters. The molecule has 0 saturated heterocycles. The van der Waals surface area contributed by atoms with Crippen molar-refractivity contribution in [1.29, 1.82) is 0 Å². The predicted molar refractivity (Wildman–Crippen MR) is 60.8 cm³/mol. The van der Waals surface area contributed by atoms with Gasteiger partial charge in [0.05, 0.1) is 0 Å². The molecule has 0 aromatic carbocycles.